The maximum Gasteiger partial charge on any atom is 0.303 e. The first-order chi connectivity index (χ1) is 14.8. The number of fused-ring (bicyclic) bond motifs is 1. The third-order valence-corrected chi connectivity index (χ3v) is 5.58. The lowest BCUT2D eigenvalue weighted by molar-refractivity contribution is -0.150. The molecular formula is C22H27N3O5S. The van der Waals surface area contributed by atoms with Gasteiger partial charge in [0.1, 0.15) is 23.1 Å². The zero-order chi connectivity index (χ0) is 23.4. The van der Waals surface area contributed by atoms with Crippen molar-refractivity contribution < 1.29 is 24.2 Å². The van der Waals surface area contributed by atoms with Gasteiger partial charge in [-0.25, -0.2) is 0 Å². The number of hydrogen-bond acceptors (Lipinski definition) is 8. The molecule has 1 amide bonds. The van der Waals surface area contributed by atoms with Crippen molar-refractivity contribution in [2.75, 3.05) is 25.5 Å². The minimum absolute atomic E-state index is 0.0989. The number of nitrogens with zero attached hydrogens (tertiary/aromatic N) is 2. The first kappa shape index (κ1) is 25.7. The summed E-state index contributed by atoms with van der Waals surface area (Å²) in [6, 6.07) is 2.21. The normalized spacial score (nSPS) is 12.4. The predicted molar refractivity (Wildman–Crippen MR) is 120 cm³/mol. The highest BCUT2D eigenvalue weighted by Crippen LogP contribution is 2.36. The van der Waals surface area contributed by atoms with Gasteiger partial charge in [-0.3, -0.25) is 9.59 Å². The van der Waals surface area contributed by atoms with Gasteiger partial charge in [0.2, 0.25) is 0 Å². The summed E-state index contributed by atoms with van der Waals surface area (Å²) < 4.78 is 4.72. The molecular weight excluding hydrogens is 418 g/mol. The van der Waals surface area contributed by atoms with Gasteiger partial charge in [0, 0.05) is 31.8 Å². The van der Waals surface area contributed by atoms with Crippen molar-refractivity contribution in [2.24, 2.45) is 0 Å². The standard InChI is InChI=1S/C13H15N3O3S.C9H12O2/c1-8(17)19-7-12(18)16-4-3-9-10(5-14)13(15-2)20-11(9)6-16;1-3-5-9(11)8(2)6-4-7-10/h15H,3-4,6-7H2,1-2H3;3,5,7,11H,1-2,4,6H2/b;9-5+. The van der Waals surface area contributed by atoms with Crippen molar-refractivity contribution in [1.29, 1.82) is 5.26 Å². The number of nitrogens with one attached hydrogen (secondary N) is 1. The Morgan fingerprint density at radius 1 is 1.45 bits per heavy atom. The Labute approximate surface area is 186 Å². The molecule has 0 atom stereocenters. The fourth-order valence-corrected chi connectivity index (χ4v) is 3.92. The Morgan fingerprint density at radius 2 is 2.16 bits per heavy atom. The molecule has 0 bridgehead atoms. The molecule has 1 aliphatic rings. The van der Waals surface area contributed by atoms with Gasteiger partial charge < -0.3 is 24.9 Å². The number of aldehydes is 1. The minimum atomic E-state index is -0.462. The van der Waals surface area contributed by atoms with Crippen LogP contribution in [0.1, 0.15) is 35.8 Å². The van der Waals surface area contributed by atoms with E-state index in [0.29, 0.717) is 43.5 Å². The Kier molecular flexibility index (Phi) is 10.8. The second kappa shape index (κ2) is 13.0. The maximum absolute atomic E-state index is 11.9. The van der Waals surface area contributed by atoms with Gasteiger partial charge in [-0.15, -0.1) is 11.3 Å². The highest BCUT2D eigenvalue weighted by atomic mass is 32.1. The molecule has 0 spiro atoms. The number of aliphatic hydroxyl groups is 1. The van der Waals surface area contributed by atoms with Crippen LogP contribution in [0.5, 0.6) is 0 Å². The van der Waals surface area contributed by atoms with Crippen molar-refractivity contribution in [2.45, 2.75) is 32.7 Å². The molecule has 0 unspecified atom stereocenters. The van der Waals surface area contributed by atoms with Gasteiger partial charge in [0.05, 0.1) is 12.1 Å². The van der Waals surface area contributed by atoms with Crippen LogP contribution >= 0.6 is 11.3 Å². The molecule has 2 N–H and O–H groups in total. The summed E-state index contributed by atoms with van der Waals surface area (Å²) in [6.45, 7) is 9.07. The van der Waals surface area contributed by atoms with Crippen molar-refractivity contribution in [3.05, 3.63) is 52.6 Å². The molecule has 0 radical (unpaired) electrons. The number of anilines is 1. The molecule has 0 aliphatic carbocycles. The van der Waals surface area contributed by atoms with Gasteiger partial charge in [0.25, 0.3) is 5.91 Å². The number of allylic oxidation sites excluding steroid dienone is 3. The van der Waals surface area contributed by atoms with E-state index in [-0.39, 0.29) is 18.3 Å². The summed E-state index contributed by atoms with van der Waals surface area (Å²) in [5.74, 6) is -0.568. The van der Waals surface area contributed by atoms with Gasteiger partial charge >= 0.3 is 5.97 Å². The number of ether oxygens (including phenoxy) is 1. The van der Waals surface area contributed by atoms with Gasteiger partial charge in [-0.05, 0) is 30.1 Å². The Balaban J connectivity index is 0.000000373. The second-order valence-corrected chi connectivity index (χ2v) is 7.62. The average Bonchev–Trinajstić information content (AvgIpc) is 3.13. The van der Waals surface area contributed by atoms with E-state index >= 15 is 0 Å². The van der Waals surface area contributed by atoms with Crippen LogP contribution in [0.15, 0.2) is 36.6 Å². The van der Waals surface area contributed by atoms with E-state index in [2.05, 4.69) is 24.5 Å². The summed E-state index contributed by atoms with van der Waals surface area (Å²) in [4.78, 5) is 35.2. The van der Waals surface area contributed by atoms with Crippen molar-refractivity contribution in [3.8, 4) is 6.07 Å². The van der Waals surface area contributed by atoms with Gasteiger partial charge in [0.15, 0.2) is 6.61 Å². The molecule has 9 heteroatoms. The van der Waals surface area contributed by atoms with E-state index in [0.717, 1.165) is 21.7 Å². The third-order valence-electron chi connectivity index (χ3n) is 4.35. The van der Waals surface area contributed by atoms with Crippen LogP contribution in [0.3, 0.4) is 0 Å². The second-order valence-electron chi connectivity index (χ2n) is 6.51. The van der Waals surface area contributed by atoms with Crippen molar-refractivity contribution in [1.82, 2.24) is 4.90 Å². The van der Waals surface area contributed by atoms with Crippen molar-refractivity contribution >= 4 is 34.5 Å². The lowest BCUT2D eigenvalue weighted by atomic mass is 10.0. The highest BCUT2D eigenvalue weighted by molar-refractivity contribution is 7.16. The first-order valence-corrected chi connectivity index (χ1v) is 10.4. The van der Waals surface area contributed by atoms with Crippen LogP contribution in [-0.2, 0) is 32.1 Å². The number of rotatable bonds is 8. The van der Waals surface area contributed by atoms with Crippen LogP contribution < -0.4 is 5.32 Å². The van der Waals surface area contributed by atoms with E-state index in [1.165, 1.54) is 30.4 Å². The van der Waals surface area contributed by atoms with Crippen LogP contribution in [0.25, 0.3) is 0 Å². The number of nitriles is 1. The number of carbonyl (C=O) groups excluding carboxylic acids is 3. The van der Waals surface area contributed by atoms with E-state index < -0.39 is 5.97 Å². The molecule has 0 saturated carbocycles. The topological polar surface area (TPSA) is 120 Å². The Bertz CT molecular complexity index is 911. The average molecular weight is 446 g/mol. The SMILES string of the molecule is C=C/C=C(/O)C(=C)CCC=O.CNc1sc2c(c1C#N)CCN(C(=O)COC(C)=O)C2. The summed E-state index contributed by atoms with van der Waals surface area (Å²) >= 11 is 1.50. The lowest BCUT2D eigenvalue weighted by Gasteiger charge is -2.26. The van der Waals surface area contributed by atoms with Crippen LogP contribution in [-0.4, -0.2) is 48.4 Å². The number of thiophene rings is 1. The number of aliphatic hydroxyl groups excluding tert-OH is 1. The third kappa shape index (κ3) is 7.75. The van der Waals surface area contributed by atoms with Gasteiger partial charge in [-0.2, -0.15) is 5.26 Å². The van der Waals surface area contributed by atoms with E-state index in [9.17, 15) is 19.6 Å². The number of esters is 1. The van der Waals surface area contributed by atoms with E-state index in [4.69, 9.17) is 9.84 Å². The van der Waals surface area contributed by atoms with E-state index in [1.807, 2.05) is 0 Å². The molecule has 166 valence electrons. The first-order valence-electron chi connectivity index (χ1n) is 9.55. The molecule has 0 fully saturated rings. The summed E-state index contributed by atoms with van der Waals surface area (Å²) in [5, 5.41) is 22.2. The lowest BCUT2D eigenvalue weighted by Crippen LogP contribution is -2.38. The molecule has 0 saturated heterocycles. The molecule has 1 aromatic heterocycles. The van der Waals surface area contributed by atoms with Crippen LogP contribution in [0, 0.1) is 11.3 Å². The smallest absolute Gasteiger partial charge is 0.303 e. The van der Waals surface area contributed by atoms with Gasteiger partial charge in [-0.1, -0.05) is 19.2 Å². The zero-order valence-corrected chi connectivity index (χ0v) is 18.6. The zero-order valence-electron chi connectivity index (χ0n) is 17.8. The van der Waals surface area contributed by atoms with Crippen LogP contribution in [0.2, 0.25) is 0 Å². The molecule has 31 heavy (non-hydrogen) atoms. The molecule has 1 aliphatic heterocycles. The maximum atomic E-state index is 11.9. The molecule has 1 aromatic rings. The summed E-state index contributed by atoms with van der Waals surface area (Å²) in [6.07, 6.45) is 5.27. The Hall–Kier alpha value is -3.38. The molecule has 8 nitrogen and oxygen atoms in total. The monoisotopic (exact) mass is 445 g/mol. The van der Waals surface area contributed by atoms with Crippen LogP contribution in [0.4, 0.5) is 5.00 Å². The highest BCUT2D eigenvalue weighted by Gasteiger charge is 2.26. The molecule has 2 rings (SSSR count). The number of hydrogen-bond donors (Lipinski definition) is 2. The summed E-state index contributed by atoms with van der Waals surface area (Å²) in [5.41, 5.74) is 2.27. The predicted octanol–water partition coefficient (Wildman–Crippen LogP) is 3.26. The summed E-state index contributed by atoms with van der Waals surface area (Å²) in [7, 11) is 1.78. The fraction of sp³-hybridized carbons (Fsp3) is 0.364. The minimum Gasteiger partial charge on any atom is -0.508 e. The Morgan fingerprint density at radius 3 is 2.71 bits per heavy atom. The molecule has 2 heterocycles. The number of carbonyl (C=O) groups is 3. The van der Waals surface area contributed by atoms with E-state index in [1.54, 1.807) is 11.9 Å². The quantitative estimate of drug-likeness (QED) is 0.273. The van der Waals surface area contributed by atoms with Crippen molar-refractivity contribution in [3.63, 3.8) is 0 Å². The number of amides is 1. The largest absolute Gasteiger partial charge is 0.508 e. The fourth-order valence-electron chi connectivity index (χ4n) is 2.76. The molecule has 0 aromatic carbocycles.